The van der Waals surface area contributed by atoms with Gasteiger partial charge in [-0.3, -0.25) is 0 Å². The Morgan fingerprint density at radius 2 is 1.81 bits per heavy atom. The molecule has 1 heterocycles. The van der Waals surface area contributed by atoms with E-state index in [1.54, 1.807) is 0 Å². The molecule has 0 bridgehead atoms. The molecule has 0 unspecified atom stereocenters. The zero-order valence-corrected chi connectivity index (χ0v) is 12.2. The molecule has 0 N–H and O–H groups in total. The van der Waals surface area contributed by atoms with E-state index >= 15 is 0 Å². The van der Waals surface area contributed by atoms with Crippen molar-refractivity contribution < 1.29 is 0 Å². The summed E-state index contributed by atoms with van der Waals surface area (Å²) < 4.78 is 0. The molecule has 0 radical (unpaired) electrons. The topological polar surface area (TPSA) is 0 Å². The molecule has 0 amide bonds. The number of halogens is 2. The van der Waals surface area contributed by atoms with E-state index in [0.717, 1.165) is 18.5 Å². The molecule has 0 saturated carbocycles. The van der Waals surface area contributed by atoms with E-state index in [-0.39, 0.29) is 0 Å². The Morgan fingerprint density at radius 3 is 2.44 bits per heavy atom. The molecule has 3 heteroatoms. The van der Waals surface area contributed by atoms with E-state index in [1.165, 1.54) is 30.4 Å². The number of rotatable bonds is 2. The minimum absolute atomic E-state index is 0.899. The van der Waals surface area contributed by atoms with Crippen molar-refractivity contribution in [3.8, 4) is 0 Å². The number of benzene rings is 1. The summed E-state index contributed by atoms with van der Waals surface area (Å²) in [5.74, 6) is 0. The van der Waals surface area contributed by atoms with Crippen LogP contribution >= 0.6 is 27.8 Å². The van der Waals surface area contributed by atoms with Crippen molar-refractivity contribution in [2.24, 2.45) is 0 Å². The Labute approximate surface area is 108 Å². The summed E-state index contributed by atoms with van der Waals surface area (Å²) in [6, 6.07) is 8.59. The maximum atomic E-state index is 6.81. The molecule has 1 aromatic rings. The van der Waals surface area contributed by atoms with Crippen LogP contribution in [-0.2, 0) is 6.16 Å². The molecule has 1 fully saturated rings. The van der Waals surface area contributed by atoms with Crippen molar-refractivity contribution in [1.82, 2.24) is 0 Å². The Balaban J connectivity index is 2.19. The fourth-order valence-electron chi connectivity index (χ4n) is 2.56. The third-order valence-electron chi connectivity index (χ3n) is 3.39. The summed E-state index contributed by atoms with van der Waals surface area (Å²) in [6.07, 6.45) is 6.69. The van der Waals surface area contributed by atoms with Crippen molar-refractivity contribution in [3.63, 3.8) is 0 Å². The van der Waals surface area contributed by atoms with Gasteiger partial charge >= 0.3 is 108 Å². The molecule has 1 saturated heterocycles. The molecule has 0 spiro atoms. The Morgan fingerprint density at radius 1 is 1.12 bits per heavy atom. The fraction of sp³-hybridized carbons (Fsp3) is 0.538. The molecule has 0 aromatic heterocycles. The van der Waals surface area contributed by atoms with Crippen molar-refractivity contribution in [2.75, 3.05) is 12.3 Å². The van der Waals surface area contributed by atoms with Crippen LogP contribution in [0.15, 0.2) is 24.3 Å². The monoisotopic (exact) mass is 276 g/mol. The van der Waals surface area contributed by atoms with Crippen LogP contribution in [0, 0.1) is 6.92 Å². The zero-order valence-electron chi connectivity index (χ0n) is 9.76. The van der Waals surface area contributed by atoms with E-state index in [0.29, 0.717) is 0 Å². The standard InChI is InChI=1S/C13H19Cl2P/c1-12-6-5-7-13(10-12)11-16(14,15)8-3-2-4-9-16/h5-7,10H,2-4,8-9,11H2,1H3. The van der Waals surface area contributed by atoms with Gasteiger partial charge in [0.25, 0.3) is 0 Å². The van der Waals surface area contributed by atoms with Gasteiger partial charge in [0.1, 0.15) is 0 Å². The maximum absolute atomic E-state index is 6.81. The molecule has 90 valence electrons. The predicted molar refractivity (Wildman–Crippen MR) is 77.1 cm³/mol. The Kier molecular flexibility index (Phi) is 3.55. The third-order valence-corrected chi connectivity index (χ3v) is 9.77. The van der Waals surface area contributed by atoms with Gasteiger partial charge in [-0.1, -0.05) is 0 Å². The van der Waals surface area contributed by atoms with E-state index in [9.17, 15) is 0 Å². The van der Waals surface area contributed by atoms with Gasteiger partial charge in [0.15, 0.2) is 0 Å². The first kappa shape index (κ1) is 12.7. The Hall–Kier alpha value is 0.230. The average Bonchev–Trinajstić information content (AvgIpc) is 2.16. The Bertz CT molecular complexity index is 377. The van der Waals surface area contributed by atoms with Crippen molar-refractivity contribution in [1.29, 1.82) is 0 Å². The van der Waals surface area contributed by atoms with E-state index < -0.39 is 5.31 Å². The molecule has 0 nitrogen and oxygen atoms in total. The van der Waals surface area contributed by atoms with Crippen LogP contribution < -0.4 is 0 Å². The molecule has 1 aromatic carbocycles. The minimum atomic E-state index is -2.43. The van der Waals surface area contributed by atoms with E-state index in [4.69, 9.17) is 22.5 Å². The first-order valence-electron chi connectivity index (χ1n) is 5.96. The van der Waals surface area contributed by atoms with Crippen molar-refractivity contribution in [2.45, 2.75) is 32.3 Å². The first-order valence-corrected chi connectivity index (χ1v) is 10.6. The molecule has 1 aliphatic rings. The molecular formula is C13H19Cl2P. The summed E-state index contributed by atoms with van der Waals surface area (Å²) in [7, 11) is 0. The van der Waals surface area contributed by atoms with Crippen molar-refractivity contribution >= 4 is 27.8 Å². The van der Waals surface area contributed by atoms with Gasteiger partial charge < -0.3 is 0 Å². The molecule has 2 rings (SSSR count). The summed E-state index contributed by atoms with van der Waals surface area (Å²) >= 11 is 13.6. The number of hydrogen-bond acceptors (Lipinski definition) is 0. The van der Waals surface area contributed by atoms with Crippen LogP contribution in [0.3, 0.4) is 0 Å². The quantitative estimate of drug-likeness (QED) is 0.622. The van der Waals surface area contributed by atoms with Gasteiger partial charge in [-0.25, -0.2) is 0 Å². The molecular weight excluding hydrogens is 258 g/mol. The average molecular weight is 277 g/mol. The van der Waals surface area contributed by atoms with Gasteiger partial charge in [-0.05, 0) is 0 Å². The first-order chi connectivity index (χ1) is 7.46. The van der Waals surface area contributed by atoms with Crippen LogP contribution in [0.25, 0.3) is 0 Å². The summed E-state index contributed by atoms with van der Waals surface area (Å²) in [6.45, 7) is 2.12. The van der Waals surface area contributed by atoms with E-state index in [2.05, 4.69) is 31.2 Å². The van der Waals surface area contributed by atoms with Crippen LogP contribution in [0.5, 0.6) is 0 Å². The van der Waals surface area contributed by atoms with Crippen LogP contribution in [0.2, 0.25) is 0 Å². The molecule has 1 aliphatic heterocycles. The van der Waals surface area contributed by atoms with E-state index in [1.807, 2.05) is 0 Å². The number of hydrogen-bond donors (Lipinski definition) is 0. The summed E-state index contributed by atoms with van der Waals surface area (Å²) in [5, 5.41) is -2.43. The van der Waals surface area contributed by atoms with Gasteiger partial charge in [-0.15, -0.1) is 0 Å². The van der Waals surface area contributed by atoms with Crippen LogP contribution in [-0.4, -0.2) is 12.3 Å². The molecule has 0 atom stereocenters. The van der Waals surface area contributed by atoms with Crippen molar-refractivity contribution in [3.05, 3.63) is 35.4 Å². The van der Waals surface area contributed by atoms with Gasteiger partial charge in [0, 0.05) is 0 Å². The molecule has 16 heavy (non-hydrogen) atoms. The zero-order chi connectivity index (χ0) is 11.7. The summed E-state index contributed by atoms with van der Waals surface area (Å²) in [5.41, 5.74) is 2.60. The second-order valence-electron chi connectivity index (χ2n) is 5.11. The van der Waals surface area contributed by atoms with Gasteiger partial charge in [0.2, 0.25) is 0 Å². The summed E-state index contributed by atoms with van der Waals surface area (Å²) in [4.78, 5) is 0. The van der Waals surface area contributed by atoms with Crippen LogP contribution in [0.4, 0.5) is 0 Å². The van der Waals surface area contributed by atoms with Gasteiger partial charge in [-0.2, -0.15) is 0 Å². The third kappa shape index (κ3) is 3.13. The second-order valence-corrected chi connectivity index (χ2v) is 15.1. The van der Waals surface area contributed by atoms with Gasteiger partial charge in [0.05, 0.1) is 0 Å². The fourth-order valence-corrected chi connectivity index (χ4v) is 8.17. The van der Waals surface area contributed by atoms with Crippen LogP contribution in [0.1, 0.15) is 30.4 Å². The number of aryl methyl sites for hydroxylation is 1. The normalized spacial score (nSPS) is 25.6. The second kappa shape index (κ2) is 4.48. The SMILES string of the molecule is Cc1cccc(CP2(Cl)(Cl)CCCCC2)c1. The predicted octanol–water partition coefficient (Wildman–Crippen LogP) is 5.54. The molecule has 0 aliphatic carbocycles.